The van der Waals surface area contributed by atoms with Crippen LogP contribution in [0.5, 0.6) is 5.75 Å². The van der Waals surface area contributed by atoms with Gasteiger partial charge in [-0.1, -0.05) is 30.3 Å². The van der Waals surface area contributed by atoms with Gasteiger partial charge in [-0.05, 0) is 60.9 Å². The summed E-state index contributed by atoms with van der Waals surface area (Å²) in [6.45, 7) is 3.92. The highest BCUT2D eigenvalue weighted by molar-refractivity contribution is 6.46. The van der Waals surface area contributed by atoms with Crippen LogP contribution in [-0.4, -0.2) is 18.9 Å². The van der Waals surface area contributed by atoms with Crippen LogP contribution in [0, 0.1) is 19.7 Å². The quantitative estimate of drug-likeness (QED) is 0.604. The van der Waals surface area contributed by atoms with Crippen molar-refractivity contribution in [2.24, 2.45) is 0 Å². The minimum Gasteiger partial charge on any atom is -0.497 e. The van der Waals surface area contributed by atoms with Crippen LogP contribution >= 0.6 is 0 Å². The molecule has 0 aromatic heterocycles. The van der Waals surface area contributed by atoms with Crippen molar-refractivity contribution in [2.75, 3.05) is 17.3 Å². The first kappa shape index (κ1) is 20.3. The molecule has 0 unspecified atom stereocenters. The van der Waals surface area contributed by atoms with E-state index in [0.29, 0.717) is 22.7 Å². The molecule has 156 valence electrons. The van der Waals surface area contributed by atoms with Gasteiger partial charge in [0, 0.05) is 11.8 Å². The van der Waals surface area contributed by atoms with Crippen LogP contribution in [0.4, 0.5) is 15.8 Å². The van der Waals surface area contributed by atoms with Crippen molar-refractivity contribution >= 4 is 28.8 Å². The van der Waals surface area contributed by atoms with E-state index >= 15 is 0 Å². The van der Waals surface area contributed by atoms with Gasteiger partial charge in [-0.15, -0.1) is 0 Å². The van der Waals surface area contributed by atoms with Crippen molar-refractivity contribution in [2.45, 2.75) is 13.8 Å². The van der Waals surface area contributed by atoms with Crippen LogP contribution in [0.15, 0.2) is 72.4 Å². The molecule has 4 rings (SSSR count). The first-order valence-electron chi connectivity index (χ1n) is 9.76. The average molecular weight is 416 g/mol. The third-order valence-electron chi connectivity index (χ3n) is 5.28. The third-order valence-corrected chi connectivity index (χ3v) is 5.28. The van der Waals surface area contributed by atoms with Crippen molar-refractivity contribution in [3.8, 4) is 5.75 Å². The van der Waals surface area contributed by atoms with Gasteiger partial charge >= 0.3 is 0 Å². The van der Waals surface area contributed by atoms with Crippen LogP contribution < -0.4 is 15.0 Å². The molecule has 0 saturated heterocycles. The fourth-order valence-corrected chi connectivity index (χ4v) is 3.51. The van der Waals surface area contributed by atoms with Crippen LogP contribution in [0.3, 0.4) is 0 Å². The van der Waals surface area contributed by atoms with E-state index in [9.17, 15) is 14.0 Å². The summed E-state index contributed by atoms with van der Waals surface area (Å²) in [6.07, 6.45) is 0. The van der Waals surface area contributed by atoms with Gasteiger partial charge in [-0.3, -0.25) is 9.59 Å². The zero-order valence-electron chi connectivity index (χ0n) is 17.4. The fourth-order valence-electron chi connectivity index (χ4n) is 3.51. The second-order valence-corrected chi connectivity index (χ2v) is 7.33. The monoisotopic (exact) mass is 416 g/mol. The number of imide groups is 1. The molecule has 0 fully saturated rings. The number of nitrogens with one attached hydrogen (secondary N) is 1. The van der Waals surface area contributed by atoms with Gasteiger partial charge in [0.25, 0.3) is 11.8 Å². The number of nitrogens with zero attached hydrogens (tertiary/aromatic N) is 1. The van der Waals surface area contributed by atoms with E-state index in [4.69, 9.17) is 4.74 Å². The van der Waals surface area contributed by atoms with Crippen molar-refractivity contribution in [1.82, 2.24) is 0 Å². The minimum absolute atomic E-state index is 0.0988. The van der Waals surface area contributed by atoms with Gasteiger partial charge in [0.1, 0.15) is 17.3 Å². The molecular formula is C25H21FN2O3. The number of aryl methyl sites for hydroxylation is 2. The molecule has 6 heteroatoms. The summed E-state index contributed by atoms with van der Waals surface area (Å²) in [6, 6.07) is 18.1. The summed E-state index contributed by atoms with van der Waals surface area (Å²) in [7, 11) is 1.52. The number of hydrogen-bond donors (Lipinski definition) is 1. The molecule has 1 heterocycles. The maximum atomic E-state index is 13.7. The molecule has 1 aliphatic rings. The van der Waals surface area contributed by atoms with E-state index in [1.807, 2.05) is 32.0 Å². The number of halogens is 1. The molecule has 3 aromatic rings. The van der Waals surface area contributed by atoms with Crippen LogP contribution in [0.1, 0.15) is 16.7 Å². The molecule has 0 spiro atoms. The van der Waals surface area contributed by atoms with Gasteiger partial charge in [0.15, 0.2) is 0 Å². The molecule has 1 N–H and O–H groups in total. The summed E-state index contributed by atoms with van der Waals surface area (Å²) in [5.41, 5.74) is 3.80. The number of ether oxygens (including phenoxy) is 1. The molecule has 5 nitrogen and oxygen atoms in total. The summed E-state index contributed by atoms with van der Waals surface area (Å²) >= 11 is 0. The summed E-state index contributed by atoms with van der Waals surface area (Å²) < 4.78 is 19.0. The van der Waals surface area contributed by atoms with E-state index in [1.54, 1.807) is 30.3 Å². The number of carbonyl (C=O) groups excluding carboxylic acids is 2. The lowest BCUT2D eigenvalue weighted by molar-refractivity contribution is -0.120. The van der Waals surface area contributed by atoms with Gasteiger partial charge in [-0.25, -0.2) is 9.29 Å². The Labute approximate surface area is 179 Å². The normalized spacial score (nSPS) is 13.7. The SMILES string of the molecule is COc1cccc(N2C(=O)C(Nc3cccc(F)c3)=C(c3ccc(C)c(C)c3)C2=O)c1. The average Bonchev–Trinajstić information content (AvgIpc) is 2.99. The lowest BCUT2D eigenvalue weighted by atomic mass is 9.99. The number of benzene rings is 3. The predicted octanol–water partition coefficient (Wildman–Crippen LogP) is 4.85. The number of amides is 2. The summed E-state index contributed by atoms with van der Waals surface area (Å²) in [4.78, 5) is 28.0. The molecule has 31 heavy (non-hydrogen) atoms. The van der Waals surface area contributed by atoms with E-state index in [1.165, 1.54) is 25.3 Å². The first-order chi connectivity index (χ1) is 14.9. The number of rotatable bonds is 5. The zero-order valence-corrected chi connectivity index (χ0v) is 17.4. The second kappa shape index (κ2) is 8.07. The third kappa shape index (κ3) is 3.80. The number of methoxy groups -OCH3 is 1. The number of carbonyl (C=O) groups is 2. The van der Waals surface area contributed by atoms with E-state index in [0.717, 1.165) is 16.0 Å². The molecule has 3 aromatic carbocycles. The molecule has 0 aliphatic carbocycles. The van der Waals surface area contributed by atoms with Gasteiger partial charge in [0.2, 0.25) is 0 Å². The Balaban J connectivity index is 1.85. The van der Waals surface area contributed by atoms with E-state index in [-0.39, 0.29) is 11.3 Å². The summed E-state index contributed by atoms with van der Waals surface area (Å²) in [5, 5.41) is 2.97. The lowest BCUT2D eigenvalue weighted by Crippen LogP contribution is -2.32. The highest BCUT2D eigenvalue weighted by Crippen LogP contribution is 2.35. The van der Waals surface area contributed by atoms with E-state index in [2.05, 4.69) is 5.32 Å². The predicted molar refractivity (Wildman–Crippen MR) is 118 cm³/mol. The Morgan fingerprint density at radius 3 is 2.35 bits per heavy atom. The second-order valence-electron chi connectivity index (χ2n) is 7.33. The smallest absolute Gasteiger partial charge is 0.282 e. The zero-order chi connectivity index (χ0) is 22.1. The molecule has 0 bridgehead atoms. The van der Waals surface area contributed by atoms with Crippen molar-refractivity contribution in [1.29, 1.82) is 0 Å². The standard InChI is InChI=1S/C25H21FN2O3/c1-15-10-11-17(12-16(15)2)22-23(27-19-7-4-6-18(26)13-19)25(30)28(24(22)29)20-8-5-9-21(14-20)31-3/h4-14,27H,1-3H3. The van der Waals surface area contributed by atoms with Crippen molar-refractivity contribution in [3.63, 3.8) is 0 Å². The Morgan fingerprint density at radius 1 is 0.871 bits per heavy atom. The highest BCUT2D eigenvalue weighted by atomic mass is 19.1. The molecule has 0 radical (unpaired) electrons. The maximum absolute atomic E-state index is 13.7. The number of hydrogen-bond acceptors (Lipinski definition) is 4. The lowest BCUT2D eigenvalue weighted by Gasteiger charge is -2.16. The van der Waals surface area contributed by atoms with Gasteiger partial charge < -0.3 is 10.1 Å². The topological polar surface area (TPSA) is 58.6 Å². The van der Waals surface area contributed by atoms with E-state index < -0.39 is 17.6 Å². The highest BCUT2D eigenvalue weighted by Gasteiger charge is 2.40. The van der Waals surface area contributed by atoms with Gasteiger partial charge in [0.05, 0.1) is 18.4 Å². The van der Waals surface area contributed by atoms with Crippen LogP contribution in [-0.2, 0) is 9.59 Å². The first-order valence-corrected chi connectivity index (χ1v) is 9.76. The molecule has 0 atom stereocenters. The number of anilines is 2. The minimum atomic E-state index is -0.518. The molecular weight excluding hydrogens is 395 g/mol. The Morgan fingerprint density at radius 2 is 1.65 bits per heavy atom. The van der Waals surface area contributed by atoms with Crippen LogP contribution in [0.2, 0.25) is 0 Å². The molecule has 1 aliphatic heterocycles. The fraction of sp³-hybridized carbons (Fsp3) is 0.120. The Kier molecular flexibility index (Phi) is 5.29. The molecule has 0 saturated carbocycles. The van der Waals surface area contributed by atoms with Crippen molar-refractivity contribution < 1.29 is 18.7 Å². The maximum Gasteiger partial charge on any atom is 0.282 e. The Hall–Kier alpha value is -3.93. The molecule has 2 amide bonds. The summed E-state index contributed by atoms with van der Waals surface area (Å²) in [5.74, 6) is -0.895. The van der Waals surface area contributed by atoms with Crippen LogP contribution in [0.25, 0.3) is 5.57 Å². The van der Waals surface area contributed by atoms with Gasteiger partial charge in [-0.2, -0.15) is 0 Å². The van der Waals surface area contributed by atoms with Crippen molar-refractivity contribution in [3.05, 3.63) is 94.9 Å². The largest absolute Gasteiger partial charge is 0.497 e. The Bertz CT molecular complexity index is 1230.